The number of rotatable bonds is 6. The number of methoxy groups -OCH3 is 1. The zero-order valence-electron chi connectivity index (χ0n) is 19.1. The van der Waals surface area contributed by atoms with Crippen LogP contribution in [0, 0.1) is 11.8 Å². The van der Waals surface area contributed by atoms with Gasteiger partial charge in [-0.3, -0.25) is 9.59 Å². The molecule has 0 saturated heterocycles. The van der Waals surface area contributed by atoms with Crippen molar-refractivity contribution in [3.8, 4) is 11.4 Å². The first-order valence-corrected chi connectivity index (χ1v) is 11.7. The van der Waals surface area contributed by atoms with Crippen LogP contribution in [0.5, 0.6) is 0 Å². The molecule has 34 heavy (non-hydrogen) atoms. The van der Waals surface area contributed by atoms with Crippen molar-refractivity contribution in [3.63, 3.8) is 0 Å². The van der Waals surface area contributed by atoms with E-state index in [9.17, 15) is 9.59 Å². The molecule has 1 saturated carbocycles. The Kier molecular flexibility index (Phi) is 6.16. The van der Waals surface area contributed by atoms with Crippen LogP contribution in [0.25, 0.3) is 22.4 Å². The Morgan fingerprint density at radius 3 is 2.44 bits per heavy atom. The first-order valence-electron chi connectivity index (χ1n) is 11.7. The molecule has 1 fully saturated rings. The zero-order valence-corrected chi connectivity index (χ0v) is 19.1. The summed E-state index contributed by atoms with van der Waals surface area (Å²) < 4.78 is 5.17. The van der Waals surface area contributed by atoms with Crippen LogP contribution in [0.2, 0.25) is 0 Å². The van der Waals surface area contributed by atoms with E-state index >= 15 is 0 Å². The van der Waals surface area contributed by atoms with Crippen molar-refractivity contribution < 1.29 is 14.3 Å². The maximum absolute atomic E-state index is 12.5. The van der Waals surface area contributed by atoms with E-state index in [2.05, 4.69) is 20.6 Å². The van der Waals surface area contributed by atoms with Gasteiger partial charge >= 0.3 is 0 Å². The number of H-pyrrole nitrogens is 1. The number of nitrogens with one attached hydrogen (secondary N) is 3. The molecule has 1 unspecified atom stereocenters. The molecule has 3 N–H and O–H groups in total. The fraction of sp³-hybridized carbons (Fsp3) is 0.296. The van der Waals surface area contributed by atoms with Gasteiger partial charge in [-0.15, -0.1) is 0 Å². The number of hydrogen-bond acceptors (Lipinski definition) is 4. The Hall–Kier alpha value is -3.87. The number of aromatic amines is 1. The number of benzene rings is 2. The van der Waals surface area contributed by atoms with E-state index in [1.54, 1.807) is 7.11 Å². The second-order valence-corrected chi connectivity index (χ2v) is 8.87. The van der Waals surface area contributed by atoms with Crippen LogP contribution in [-0.2, 0) is 14.3 Å². The third-order valence-electron chi connectivity index (χ3n) is 6.54. The average molecular weight is 457 g/mol. The fourth-order valence-corrected chi connectivity index (χ4v) is 4.55. The summed E-state index contributed by atoms with van der Waals surface area (Å²) in [6.45, 7) is 0. The fourth-order valence-electron chi connectivity index (χ4n) is 4.55. The number of anilines is 2. The Balaban J connectivity index is 1.24. The van der Waals surface area contributed by atoms with Gasteiger partial charge in [-0.2, -0.15) is 0 Å². The van der Waals surface area contributed by atoms with Crippen LogP contribution in [0.4, 0.5) is 11.4 Å². The van der Waals surface area contributed by atoms with E-state index in [0.717, 1.165) is 65.2 Å². The van der Waals surface area contributed by atoms with Crippen LogP contribution in [0.15, 0.2) is 66.5 Å². The van der Waals surface area contributed by atoms with Gasteiger partial charge in [0.1, 0.15) is 11.6 Å². The van der Waals surface area contributed by atoms with Crippen LogP contribution in [-0.4, -0.2) is 28.9 Å². The molecule has 7 nitrogen and oxygen atoms in total. The highest BCUT2D eigenvalue weighted by Gasteiger charge is 2.23. The summed E-state index contributed by atoms with van der Waals surface area (Å²) in [4.78, 5) is 33.0. The Morgan fingerprint density at radius 2 is 1.74 bits per heavy atom. The summed E-state index contributed by atoms with van der Waals surface area (Å²) in [5, 5.41) is 6.01. The molecular formula is C27H28N4O3. The van der Waals surface area contributed by atoms with Crippen molar-refractivity contribution in [1.29, 1.82) is 0 Å². The molecule has 3 aromatic rings. The molecule has 1 atom stereocenters. The molecule has 2 amide bonds. The molecule has 0 bridgehead atoms. The average Bonchev–Trinajstić information content (AvgIpc) is 3.55. The van der Waals surface area contributed by atoms with Crippen molar-refractivity contribution >= 4 is 34.2 Å². The molecular weight excluding hydrogens is 428 g/mol. The number of hydrogen-bond donors (Lipinski definition) is 3. The number of nitrogens with zero attached hydrogens (tertiary/aromatic N) is 1. The van der Waals surface area contributed by atoms with E-state index in [0.29, 0.717) is 6.42 Å². The molecule has 0 aliphatic heterocycles. The number of imidazole rings is 1. The van der Waals surface area contributed by atoms with Gasteiger partial charge in [0.25, 0.3) is 0 Å². The van der Waals surface area contributed by atoms with Gasteiger partial charge in [-0.1, -0.05) is 18.9 Å². The summed E-state index contributed by atoms with van der Waals surface area (Å²) in [6, 6.07) is 13.3. The van der Waals surface area contributed by atoms with Crippen molar-refractivity contribution in [1.82, 2.24) is 9.97 Å². The van der Waals surface area contributed by atoms with Gasteiger partial charge in [0.05, 0.1) is 24.1 Å². The second kappa shape index (κ2) is 9.55. The number of ether oxygens (including phenoxy) is 1. The zero-order chi connectivity index (χ0) is 23.5. The highest BCUT2D eigenvalue weighted by atomic mass is 16.5. The number of amides is 2. The lowest BCUT2D eigenvalue weighted by Crippen LogP contribution is -2.22. The van der Waals surface area contributed by atoms with Gasteiger partial charge in [0.15, 0.2) is 0 Å². The normalized spacial score (nSPS) is 18.0. The third kappa shape index (κ3) is 4.73. The van der Waals surface area contributed by atoms with Crippen molar-refractivity contribution in [3.05, 3.63) is 66.5 Å². The van der Waals surface area contributed by atoms with E-state index in [1.165, 1.54) is 0 Å². The Morgan fingerprint density at radius 1 is 1.00 bits per heavy atom. The van der Waals surface area contributed by atoms with Crippen LogP contribution in [0.3, 0.4) is 0 Å². The lowest BCUT2D eigenvalue weighted by atomic mass is 9.99. The number of carbonyl (C=O) groups excluding carboxylic acids is 2. The minimum Gasteiger partial charge on any atom is -0.497 e. The quantitative estimate of drug-likeness (QED) is 0.462. The van der Waals surface area contributed by atoms with Gasteiger partial charge in [0, 0.05) is 22.9 Å². The molecule has 0 radical (unpaired) electrons. The maximum atomic E-state index is 12.5. The van der Waals surface area contributed by atoms with Crippen molar-refractivity contribution in [2.24, 2.45) is 11.8 Å². The largest absolute Gasteiger partial charge is 0.497 e. The topological polar surface area (TPSA) is 96.1 Å². The first-order chi connectivity index (χ1) is 16.6. The van der Waals surface area contributed by atoms with Gasteiger partial charge in [0.2, 0.25) is 11.8 Å². The summed E-state index contributed by atoms with van der Waals surface area (Å²) in [7, 11) is 1.62. The highest BCUT2D eigenvalue weighted by Crippen LogP contribution is 2.28. The third-order valence-corrected chi connectivity index (χ3v) is 6.54. The summed E-state index contributed by atoms with van der Waals surface area (Å²) in [6.07, 6.45) is 10.4. The van der Waals surface area contributed by atoms with Crippen LogP contribution in [0.1, 0.15) is 32.1 Å². The smallest absolute Gasteiger partial charge is 0.231 e. The molecule has 174 valence electrons. The summed E-state index contributed by atoms with van der Waals surface area (Å²) in [5.74, 6) is 1.49. The standard InChI is InChI=1S/C27H28N4O3/c1-34-22-13-8-19(9-14-22)27(33)28-20-10-6-17(7-11-20)25-30-23-15-12-21(16-24(23)31-25)29-26(32)18-4-2-3-5-18/h6-8,10-16,18-19H,2-5,9H2,1H3,(H,28,33)(H,29,32)(H,30,31). The highest BCUT2D eigenvalue weighted by molar-refractivity contribution is 5.95. The molecule has 0 spiro atoms. The molecule has 2 aliphatic rings. The van der Waals surface area contributed by atoms with E-state index < -0.39 is 0 Å². The van der Waals surface area contributed by atoms with Gasteiger partial charge in [-0.05, 0) is 73.9 Å². The Bertz CT molecular complexity index is 1270. The maximum Gasteiger partial charge on any atom is 0.231 e. The molecule has 7 heteroatoms. The first kappa shape index (κ1) is 21.9. The molecule has 2 aliphatic carbocycles. The minimum atomic E-state index is -0.211. The number of allylic oxidation sites excluding steroid dienone is 2. The second-order valence-electron chi connectivity index (χ2n) is 8.87. The lowest BCUT2D eigenvalue weighted by molar-refractivity contribution is -0.120. The lowest BCUT2D eigenvalue weighted by Gasteiger charge is -2.15. The molecule has 2 aromatic carbocycles. The number of carbonyl (C=O) groups is 2. The van der Waals surface area contributed by atoms with E-state index in [-0.39, 0.29) is 23.7 Å². The van der Waals surface area contributed by atoms with Crippen LogP contribution >= 0.6 is 0 Å². The SMILES string of the molecule is COC1=CCC(C(=O)Nc2ccc(-c3nc4ccc(NC(=O)C5CCCC5)cc4[nH]3)cc2)C=C1. The summed E-state index contributed by atoms with van der Waals surface area (Å²) >= 11 is 0. The van der Waals surface area contributed by atoms with Crippen LogP contribution < -0.4 is 10.6 Å². The molecule has 1 aromatic heterocycles. The number of fused-ring (bicyclic) bond motifs is 1. The van der Waals surface area contributed by atoms with Gasteiger partial charge < -0.3 is 20.4 Å². The molecule has 1 heterocycles. The predicted molar refractivity (Wildman–Crippen MR) is 133 cm³/mol. The predicted octanol–water partition coefficient (Wildman–Crippen LogP) is 5.40. The Labute approximate surface area is 198 Å². The van der Waals surface area contributed by atoms with E-state index in [1.807, 2.05) is 60.7 Å². The van der Waals surface area contributed by atoms with Crippen molar-refractivity contribution in [2.75, 3.05) is 17.7 Å². The van der Waals surface area contributed by atoms with Crippen molar-refractivity contribution in [2.45, 2.75) is 32.1 Å². The summed E-state index contributed by atoms with van der Waals surface area (Å²) in [5.41, 5.74) is 4.12. The van der Waals surface area contributed by atoms with Gasteiger partial charge in [-0.25, -0.2) is 4.98 Å². The number of aromatic nitrogens is 2. The monoisotopic (exact) mass is 456 g/mol. The minimum absolute atomic E-state index is 0.0497. The van der Waals surface area contributed by atoms with E-state index in [4.69, 9.17) is 4.74 Å². The molecule has 5 rings (SSSR count).